The highest BCUT2D eigenvalue weighted by Crippen LogP contribution is 2.28. The van der Waals surface area contributed by atoms with Crippen LogP contribution in [0.25, 0.3) is 0 Å². The number of hydrogen-bond donors (Lipinski definition) is 0. The first-order valence-electron chi connectivity index (χ1n) is 5.17. The Morgan fingerprint density at radius 2 is 2.22 bits per heavy atom. The zero-order chi connectivity index (χ0) is 13.7. The summed E-state index contributed by atoms with van der Waals surface area (Å²) in [4.78, 5) is 15.3. The standard InChI is InChI=1S/C11H11ClF2INO2/c1-2-18-9(17)3-6-7(4-12)8(10(13)14)5-16-11(6)15/h5,10H,2-4H2,1H3. The van der Waals surface area contributed by atoms with Crippen molar-refractivity contribution in [3.63, 3.8) is 0 Å². The van der Waals surface area contributed by atoms with E-state index in [1.54, 1.807) is 6.92 Å². The monoisotopic (exact) mass is 389 g/mol. The zero-order valence-electron chi connectivity index (χ0n) is 9.55. The number of halogens is 4. The molecule has 0 saturated heterocycles. The first-order chi connectivity index (χ1) is 8.51. The SMILES string of the molecule is CCOC(=O)Cc1c(I)ncc(C(F)F)c1CCl. The molecule has 0 unspecified atom stereocenters. The maximum Gasteiger partial charge on any atom is 0.310 e. The third-order valence-corrected chi connectivity index (χ3v) is 3.47. The molecule has 0 bridgehead atoms. The van der Waals surface area contributed by atoms with Crippen LogP contribution in [-0.4, -0.2) is 17.6 Å². The minimum atomic E-state index is -2.66. The number of ether oxygens (including phenoxy) is 1. The van der Waals surface area contributed by atoms with Crippen molar-refractivity contribution < 1.29 is 18.3 Å². The van der Waals surface area contributed by atoms with E-state index < -0.39 is 12.4 Å². The molecule has 0 saturated carbocycles. The summed E-state index contributed by atoms with van der Waals surface area (Å²) in [6.45, 7) is 1.92. The predicted molar refractivity (Wildman–Crippen MR) is 71.8 cm³/mol. The summed E-state index contributed by atoms with van der Waals surface area (Å²) in [5, 5.41) is 0. The summed E-state index contributed by atoms with van der Waals surface area (Å²) in [6, 6.07) is 0. The van der Waals surface area contributed by atoms with Crippen molar-refractivity contribution in [1.82, 2.24) is 4.98 Å². The van der Waals surface area contributed by atoms with E-state index >= 15 is 0 Å². The van der Waals surface area contributed by atoms with E-state index in [0.717, 1.165) is 6.20 Å². The fraction of sp³-hybridized carbons (Fsp3) is 0.455. The van der Waals surface area contributed by atoms with Gasteiger partial charge in [-0.25, -0.2) is 13.8 Å². The van der Waals surface area contributed by atoms with Crippen LogP contribution in [0.4, 0.5) is 8.78 Å². The molecule has 0 radical (unpaired) electrons. The lowest BCUT2D eigenvalue weighted by Crippen LogP contribution is -2.13. The minimum Gasteiger partial charge on any atom is -0.466 e. The number of aromatic nitrogens is 1. The largest absolute Gasteiger partial charge is 0.466 e. The molecule has 3 nitrogen and oxygen atoms in total. The molecule has 0 atom stereocenters. The van der Waals surface area contributed by atoms with Gasteiger partial charge in [-0.3, -0.25) is 4.79 Å². The maximum absolute atomic E-state index is 12.8. The topological polar surface area (TPSA) is 39.2 Å². The molecule has 1 heterocycles. The average molecular weight is 390 g/mol. The quantitative estimate of drug-likeness (QED) is 0.335. The average Bonchev–Trinajstić information content (AvgIpc) is 2.31. The Kier molecular flexibility index (Phi) is 6.20. The summed E-state index contributed by atoms with van der Waals surface area (Å²) in [6.07, 6.45) is -1.66. The molecule has 0 aliphatic rings. The first kappa shape index (κ1) is 15.6. The second-order valence-electron chi connectivity index (χ2n) is 3.38. The Balaban J connectivity index is 3.15. The van der Waals surface area contributed by atoms with Crippen molar-refractivity contribution in [2.24, 2.45) is 0 Å². The molecule has 0 spiro atoms. The Hall–Kier alpha value is -0.500. The number of pyridine rings is 1. The summed E-state index contributed by atoms with van der Waals surface area (Å²) < 4.78 is 30.9. The van der Waals surface area contributed by atoms with Crippen molar-refractivity contribution >= 4 is 40.2 Å². The Labute approximate surface area is 122 Å². The molecule has 100 valence electrons. The van der Waals surface area contributed by atoms with E-state index in [2.05, 4.69) is 4.98 Å². The minimum absolute atomic E-state index is 0.0903. The van der Waals surface area contributed by atoms with Gasteiger partial charge in [-0.05, 0) is 35.1 Å². The number of rotatable bonds is 5. The molecule has 1 aromatic heterocycles. The van der Waals surface area contributed by atoms with Crippen LogP contribution in [0.1, 0.15) is 30.0 Å². The zero-order valence-corrected chi connectivity index (χ0v) is 12.5. The normalized spacial score (nSPS) is 10.8. The number of nitrogens with zero attached hydrogens (tertiary/aromatic N) is 1. The van der Waals surface area contributed by atoms with E-state index in [1.807, 2.05) is 22.6 Å². The van der Waals surface area contributed by atoms with Gasteiger partial charge in [0.2, 0.25) is 0 Å². The first-order valence-corrected chi connectivity index (χ1v) is 6.78. The van der Waals surface area contributed by atoms with Crippen LogP contribution in [0.3, 0.4) is 0 Å². The van der Waals surface area contributed by atoms with E-state index in [1.165, 1.54) is 0 Å². The van der Waals surface area contributed by atoms with Crippen molar-refractivity contribution in [3.8, 4) is 0 Å². The van der Waals surface area contributed by atoms with Gasteiger partial charge in [0, 0.05) is 23.2 Å². The second kappa shape index (κ2) is 7.18. The maximum atomic E-state index is 12.8. The molecule has 1 aromatic rings. The highest BCUT2D eigenvalue weighted by molar-refractivity contribution is 14.1. The van der Waals surface area contributed by atoms with Crippen molar-refractivity contribution in [3.05, 3.63) is 26.6 Å². The third kappa shape index (κ3) is 3.74. The Bertz CT molecular complexity index is 443. The fourth-order valence-corrected chi connectivity index (χ4v) is 2.43. The third-order valence-electron chi connectivity index (χ3n) is 2.27. The molecular formula is C11H11ClF2INO2. The Morgan fingerprint density at radius 1 is 1.56 bits per heavy atom. The van der Waals surface area contributed by atoms with Gasteiger partial charge in [0.15, 0.2) is 0 Å². The summed E-state index contributed by atoms with van der Waals surface area (Å²) in [7, 11) is 0. The van der Waals surface area contributed by atoms with Gasteiger partial charge in [0.05, 0.1) is 13.0 Å². The molecule has 1 rings (SSSR count). The van der Waals surface area contributed by atoms with E-state index in [9.17, 15) is 13.6 Å². The summed E-state index contributed by atoms with van der Waals surface area (Å²) >= 11 is 7.59. The van der Waals surface area contributed by atoms with Crippen LogP contribution >= 0.6 is 34.2 Å². The number of esters is 1. The fourth-order valence-electron chi connectivity index (χ4n) is 1.46. The van der Waals surface area contributed by atoms with Crippen LogP contribution in [0.5, 0.6) is 0 Å². The van der Waals surface area contributed by atoms with Gasteiger partial charge in [-0.2, -0.15) is 0 Å². The molecule has 0 N–H and O–H groups in total. The van der Waals surface area contributed by atoms with Gasteiger partial charge in [-0.15, -0.1) is 11.6 Å². The smallest absolute Gasteiger partial charge is 0.310 e. The van der Waals surface area contributed by atoms with Gasteiger partial charge in [0.25, 0.3) is 6.43 Å². The van der Waals surface area contributed by atoms with Gasteiger partial charge in [0.1, 0.15) is 3.70 Å². The van der Waals surface area contributed by atoms with Gasteiger partial charge in [-0.1, -0.05) is 0 Å². The Morgan fingerprint density at radius 3 is 2.72 bits per heavy atom. The molecule has 0 aromatic carbocycles. The number of carbonyl (C=O) groups excluding carboxylic acids is 1. The lowest BCUT2D eigenvalue weighted by molar-refractivity contribution is -0.142. The molecular weight excluding hydrogens is 378 g/mol. The number of alkyl halides is 3. The summed E-state index contributed by atoms with van der Waals surface area (Å²) in [5.41, 5.74) is 0.450. The van der Waals surface area contributed by atoms with Crippen LogP contribution < -0.4 is 0 Å². The highest BCUT2D eigenvalue weighted by Gasteiger charge is 2.20. The van der Waals surface area contributed by atoms with E-state index in [0.29, 0.717) is 9.26 Å². The van der Waals surface area contributed by atoms with Crippen LogP contribution in [0.2, 0.25) is 0 Å². The van der Waals surface area contributed by atoms with E-state index in [4.69, 9.17) is 16.3 Å². The van der Waals surface area contributed by atoms with Crippen LogP contribution in [-0.2, 0) is 21.8 Å². The van der Waals surface area contributed by atoms with Crippen molar-refractivity contribution in [2.75, 3.05) is 6.61 Å². The number of carbonyl (C=O) groups is 1. The van der Waals surface area contributed by atoms with Crippen LogP contribution in [0, 0.1) is 3.70 Å². The molecule has 0 amide bonds. The van der Waals surface area contributed by atoms with E-state index in [-0.39, 0.29) is 30.0 Å². The lowest BCUT2D eigenvalue weighted by atomic mass is 10.0. The molecule has 18 heavy (non-hydrogen) atoms. The highest BCUT2D eigenvalue weighted by atomic mass is 127. The molecule has 0 fully saturated rings. The molecule has 0 aliphatic carbocycles. The molecule has 7 heteroatoms. The van der Waals surface area contributed by atoms with Crippen LogP contribution in [0.15, 0.2) is 6.20 Å². The van der Waals surface area contributed by atoms with Gasteiger partial charge < -0.3 is 4.74 Å². The van der Waals surface area contributed by atoms with Crippen molar-refractivity contribution in [1.29, 1.82) is 0 Å². The number of hydrogen-bond acceptors (Lipinski definition) is 3. The second-order valence-corrected chi connectivity index (χ2v) is 4.67. The lowest BCUT2D eigenvalue weighted by Gasteiger charge is -2.13. The van der Waals surface area contributed by atoms with Gasteiger partial charge >= 0.3 is 5.97 Å². The molecule has 0 aliphatic heterocycles. The predicted octanol–water partition coefficient (Wildman–Crippen LogP) is 3.47. The van der Waals surface area contributed by atoms with Crippen molar-refractivity contribution in [2.45, 2.75) is 25.7 Å². The summed E-state index contributed by atoms with van der Waals surface area (Å²) in [5.74, 6) is -0.567.